The minimum atomic E-state index is -0.424. The molecule has 5 heteroatoms. The van der Waals surface area contributed by atoms with Gasteiger partial charge in [0.1, 0.15) is 0 Å². The highest BCUT2D eigenvalue weighted by Gasteiger charge is 2.34. The van der Waals surface area contributed by atoms with E-state index in [9.17, 15) is 9.59 Å². The van der Waals surface area contributed by atoms with E-state index in [0.717, 1.165) is 6.54 Å². The van der Waals surface area contributed by atoms with Gasteiger partial charge in [0.25, 0.3) is 0 Å². The molecule has 3 rings (SSSR count). The van der Waals surface area contributed by atoms with Crippen LogP contribution in [0, 0.1) is 0 Å². The highest BCUT2D eigenvalue weighted by Crippen LogP contribution is 2.27. The van der Waals surface area contributed by atoms with Crippen LogP contribution in [0.3, 0.4) is 0 Å². The molecule has 0 aliphatic carbocycles. The fourth-order valence-corrected chi connectivity index (χ4v) is 4.08. The number of benzene rings is 2. The Morgan fingerprint density at radius 1 is 1.03 bits per heavy atom. The predicted molar refractivity (Wildman–Crippen MR) is 116 cm³/mol. The number of nitrogens with one attached hydrogen (secondary N) is 1. The fourth-order valence-electron chi connectivity index (χ4n) is 4.08. The Bertz CT molecular complexity index is 751. The summed E-state index contributed by atoms with van der Waals surface area (Å²) in [6.07, 6.45) is 0.226. The van der Waals surface area contributed by atoms with Crippen LogP contribution in [0.4, 0.5) is 0 Å². The second kappa shape index (κ2) is 10.2. The Labute approximate surface area is 173 Å². The van der Waals surface area contributed by atoms with Crippen molar-refractivity contribution in [3.05, 3.63) is 71.8 Å². The summed E-state index contributed by atoms with van der Waals surface area (Å²) >= 11 is 0. The first-order chi connectivity index (χ1) is 14.1. The molecule has 1 N–H and O–H groups in total. The molecule has 0 radical (unpaired) electrons. The van der Waals surface area contributed by atoms with Crippen LogP contribution in [0.5, 0.6) is 0 Å². The molecule has 0 spiro atoms. The van der Waals surface area contributed by atoms with Crippen LogP contribution in [0.25, 0.3) is 0 Å². The molecule has 2 amide bonds. The number of nitrogens with zero attached hydrogens (tertiary/aromatic N) is 2. The van der Waals surface area contributed by atoms with E-state index in [4.69, 9.17) is 0 Å². The summed E-state index contributed by atoms with van der Waals surface area (Å²) in [5.74, 6) is 0.143. The van der Waals surface area contributed by atoms with Gasteiger partial charge in [-0.2, -0.15) is 0 Å². The molecule has 0 bridgehead atoms. The van der Waals surface area contributed by atoms with Crippen LogP contribution in [0.1, 0.15) is 37.3 Å². The average Bonchev–Trinajstić information content (AvgIpc) is 2.76. The number of rotatable bonds is 8. The van der Waals surface area contributed by atoms with Crippen molar-refractivity contribution in [1.82, 2.24) is 15.1 Å². The van der Waals surface area contributed by atoms with Gasteiger partial charge in [-0.15, -0.1) is 0 Å². The Balaban J connectivity index is 1.84. The van der Waals surface area contributed by atoms with Gasteiger partial charge in [0.15, 0.2) is 0 Å². The molecule has 1 aliphatic rings. The van der Waals surface area contributed by atoms with Crippen LogP contribution in [-0.2, 0) is 9.59 Å². The predicted octanol–water partition coefficient (Wildman–Crippen LogP) is 2.88. The Hall–Kier alpha value is -2.66. The third-order valence-corrected chi connectivity index (χ3v) is 5.75. The van der Waals surface area contributed by atoms with Crippen molar-refractivity contribution >= 4 is 11.8 Å². The standard InChI is InChI=1S/C24H31N3O2/c1-3-26(4-2)23(28)17-22-24(29)25-15-16-27(22)18-21(19-11-7-5-8-12-19)20-13-9-6-10-14-20/h5-14,21-22H,3-4,15-18H2,1-2H3,(H,25,29). The third kappa shape index (κ3) is 5.24. The molecule has 1 aliphatic heterocycles. The molecule has 1 unspecified atom stereocenters. The van der Waals surface area contributed by atoms with E-state index in [1.807, 2.05) is 26.0 Å². The molecule has 0 aromatic heterocycles. The molecule has 2 aromatic rings. The molecule has 29 heavy (non-hydrogen) atoms. The summed E-state index contributed by atoms with van der Waals surface area (Å²) < 4.78 is 0. The van der Waals surface area contributed by atoms with Gasteiger partial charge in [0.2, 0.25) is 11.8 Å². The summed E-state index contributed by atoms with van der Waals surface area (Å²) in [7, 11) is 0. The maximum atomic E-state index is 12.7. The van der Waals surface area contributed by atoms with Crippen molar-refractivity contribution in [3.63, 3.8) is 0 Å². The molecule has 1 heterocycles. The molecule has 154 valence electrons. The number of carbonyl (C=O) groups is 2. The van der Waals surface area contributed by atoms with Crippen LogP contribution in [0.15, 0.2) is 60.7 Å². The topological polar surface area (TPSA) is 52.7 Å². The summed E-state index contributed by atoms with van der Waals surface area (Å²) in [5.41, 5.74) is 2.44. The zero-order valence-electron chi connectivity index (χ0n) is 17.4. The number of amides is 2. The Morgan fingerprint density at radius 2 is 1.59 bits per heavy atom. The van der Waals surface area contributed by atoms with Gasteiger partial charge in [-0.25, -0.2) is 0 Å². The molecular formula is C24H31N3O2. The second-order valence-electron chi connectivity index (χ2n) is 7.45. The van der Waals surface area contributed by atoms with Gasteiger partial charge in [-0.1, -0.05) is 60.7 Å². The molecule has 1 atom stereocenters. The van der Waals surface area contributed by atoms with Gasteiger partial charge in [-0.05, 0) is 25.0 Å². The fraction of sp³-hybridized carbons (Fsp3) is 0.417. The Morgan fingerprint density at radius 3 is 2.10 bits per heavy atom. The first-order valence-corrected chi connectivity index (χ1v) is 10.5. The summed E-state index contributed by atoms with van der Waals surface area (Å²) in [6.45, 7) is 7.35. The van der Waals surface area contributed by atoms with Crippen molar-refractivity contribution in [1.29, 1.82) is 0 Å². The van der Waals surface area contributed by atoms with Crippen LogP contribution < -0.4 is 5.32 Å². The Kier molecular flexibility index (Phi) is 7.42. The molecule has 1 saturated heterocycles. The molecule has 5 nitrogen and oxygen atoms in total. The van der Waals surface area contributed by atoms with Gasteiger partial charge in [0.05, 0.1) is 12.5 Å². The SMILES string of the molecule is CCN(CC)C(=O)CC1C(=O)NCCN1CC(c1ccccc1)c1ccccc1. The summed E-state index contributed by atoms with van der Waals surface area (Å²) in [4.78, 5) is 29.4. The van der Waals surface area contributed by atoms with Crippen molar-refractivity contribution in [2.75, 3.05) is 32.7 Å². The average molecular weight is 394 g/mol. The van der Waals surface area contributed by atoms with E-state index in [-0.39, 0.29) is 24.2 Å². The molecule has 2 aromatic carbocycles. The van der Waals surface area contributed by atoms with E-state index < -0.39 is 6.04 Å². The lowest BCUT2D eigenvalue weighted by Crippen LogP contribution is -2.57. The summed E-state index contributed by atoms with van der Waals surface area (Å²) in [6, 6.07) is 20.4. The van der Waals surface area contributed by atoms with Crippen LogP contribution >= 0.6 is 0 Å². The van der Waals surface area contributed by atoms with Crippen molar-refractivity contribution in [2.24, 2.45) is 0 Å². The highest BCUT2D eigenvalue weighted by molar-refractivity contribution is 5.88. The smallest absolute Gasteiger partial charge is 0.237 e. The first-order valence-electron chi connectivity index (χ1n) is 10.5. The molecular weight excluding hydrogens is 362 g/mol. The maximum Gasteiger partial charge on any atom is 0.237 e. The third-order valence-electron chi connectivity index (χ3n) is 5.75. The van der Waals surface area contributed by atoms with E-state index in [0.29, 0.717) is 26.2 Å². The van der Waals surface area contributed by atoms with Crippen molar-refractivity contribution < 1.29 is 9.59 Å². The zero-order chi connectivity index (χ0) is 20.6. The number of piperazine rings is 1. The lowest BCUT2D eigenvalue weighted by atomic mass is 9.90. The minimum absolute atomic E-state index is 0.0398. The number of hydrogen-bond donors (Lipinski definition) is 1. The van der Waals surface area contributed by atoms with Crippen LogP contribution in [-0.4, -0.2) is 60.4 Å². The number of hydrogen-bond acceptors (Lipinski definition) is 3. The van der Waals surface area contributed by atoms with Crippen LogP contribution in [0.2, 0.25) is 0 Å². The van der Waals surface area contributed by atoms with E-state index in [1.165, 1.54) is 11.1 Å². The largest absolute Gasteiger partial charge is 0.353 e. The second-order valence-corrected chi connectivity index (χ2v) is 7.45. The maximum absolute atomic E-state index is 12.7. The number of carbonyl (C=O) groups excluding carboxylic acids is 2. The lowest BCUT2D eigenvalue weighted by Gasteiger charge is -2.38. The van der Waals surface area contributed by atoms with E-state index >= 15 is 0 Å². The van der Waals surface area contributed by atoms with Gasteiger partial charge in [-0.3, -0.25) is 14.5 Å². The zero-order valence-corrected chi connectivity index (χ0v) is 17.4. The quantitative estimate of drug-likeness (QED) is 0.750. The van der Waals surface area contributed by atoms with Gasteiger partial charge < -0.3 is 10.2 Å². The monoisotopic (exact) mass is 393 g/mol. The van der Waals surface area contributed by atoms with Gasteiger partial charge >= 0.3 is 0 Å². The highest BCUT2D eigenvalue weighted by atomic mass is 16.2. The molecule has 0 saturated carbocycles. The molecule has 1 fully saturated rings. The van der Waals surface area contributed by atoms with E-state index in [2.05, 4.69) is 58.7 Å². The van der Waals surface area contributed by atoms with Crippen molar-refractivity contribution in [3.8, 4) is 0 Å². The summed E-state index contributed by atoms with van der Waals surface area (Å²) in [5, 5.41) is 2.94. The lowest BCUT2D eigenvalue weighted by molar-refractivity contribution is -0.138. The van der Waals surface area contributed by atoms with E-state index in [1.54, 1.807) is 4.90 Å². The first kappa shape index (κ1) is 21.1. The minimum Gasteiger partial charge on any atom is -0.353 e. The van der Waals surface area contributed by atoms with Gasteiger partial charge in [0, 0.05) is 38.6 Å². The van der Waals surface area contributed by atoms with Crippen molar-refractivity contribution in [2.45, 2.75) is 32.2 Å². The normalized spacial score (nSPS) is 17.2.